The van der Waals surface area contributed by atoms with E-state index in [0.717, 1.165) is 12.8 Å². The van der Waals surface area contributed by atoms with Gasteiger partial charge in [-0.25, -0.2) is 0 Å². The van der Waals surface area contributed by atoms with E-state index in [1.54, 1.807) is 0 Å². The third kappa shape index (κ3) is 7.24. The molecule has 1 aliphatic rings. The normalized spacial score (nSPS) is 16.4. The highest BCUT2D eigenvalue weighted by atomic mass is 16.2. The van der Waals surface area contributed by atoms with E-state index in [2.05, 4.69) is 21.3 Å². The molecular weight excluding hydrogens is 378 g/mol. The number of rotatable bonds is 10. The van der Waals surface area contributed by atoms with Gasteiger partial charge in [0.1, 0.15) is 17.1 Å². The summed E-state index contributed by atoms with van der Waals surface area (Å²) in [6.07, 6.45) is 3.14. The predicted octanol–water partition coefficient (Wildman–Crippen LogP) is -1.44. The van der Waals surface area contributed by atoms with Gasteiger partial charge >= 0.3 is 0 Å². The molecule has 0 saturated heterocycles. The Morgan fingerprint density at radius 3 is 2.21 bits per heavy atom. The molecule has 0 bridgehead atoms. The first kappa shape index (κ1) is 24.2. The van der Waals surface area contributed by atoms with Gasteiger partial charge in [0.15, 0.2) is 5.96 Å². The first-order chi connectivity index (χ1) is 13.4. The van der Waals surface area contributed by atoms with Gasteiger partial charge in [-0.15, -0.1) is 0 Å². The van der Waals surface area contributed by atoms with E-state index in [0.29, 0.717) is 25.8 Å². The topological polar surface area (TPSA) is 192 Å². The molecular formula is C18H33N7O4. The fourth-order valence-corrected chi connectivity index (χ4v) is 3.37. The van der Waals surface area contributed by atoms with E-state index in [4.69, 9.17) is 16.9 Å². The molecule has 0 spiro atoms. The average Bonchev–Trinajstić information content (AvgIpc) is 3.05. The van der Waals surface area contributed by atoms with E-state index >= 15 is 0 Å². The second-order valence-electron chi connectivity index (χ2n) is 7.96. The lowest BCUT2D eigenvalue weighted by atomic mass is 9.95. The summed E-state index contributed by atoms with van der Waals surface area (Å²) in [5.74, 6) is -2.21. The second-order valence-corrected chi connectivity index (χ2v) is 7.96. The van der Waals surface area contributed by atoms with Crippen molar-refractivity contribution >= 4 is 29.6 Å². The molecule has 0 aromatic carbocycles. The fraction of sp³-hybridized carbons (Fsp3) is 0.722. The smallest absolute Gasteiger partial charge is 0.245 e. The van der Waals surface area contributed by atoms with Gasteiger partial charge in [0.2, 0.25) is 23.6 Å². The summed E-state index contributed by atoms with van der Waals surface area (Å²) in [5, 5.41) is 17.7. The van der Waals surface area contributed by atoms with Gasteiger partial charge in [0.25, 0.3) is 0 Å². The van der Waals surface area contributed by atoms with E-state index in [1.165, 1.54) is 20.8 Å². The first-order valence-electron chi connectivity index (χ1n) is 9.69. The predicted molar refractivity (Wildman–Crippen MR) is 108 cm³/mol. The quantitative estimate of drug-likeness (QED) is 0.131. The molecule has 0 aliphatic heterocycles. The first-order valence-corrected chi connectivity index (χ1v) is 9.69. The Labute approximate surface area is 170 Å². The van der Waals surface area contributed by atoms with Crippen LogP contribution >= 0.6 is 0 Å². The van der Waals surface area contributed by atoms with Crippen molar-refractivity contribution in [3.05, 3.63) is 0 Å². The molecule has 11 heteroatoms. The monoisotopic (exact) mass is 411 g/mol. The number of guanidine groups is 1. The van der Waals surface area contributed by atoms with Crippen LogP contribution in [0.25, 0.3) is 0 Å². The molecule has 164 valence electrons. The summed E-state index contributed by atoms with van der Waals surface area (Å²) < 4.78 is 0. The van der Waals surface area contributed by atoms with E-state index in [-0.39, 0.29) is 18.3 Å². The standard InChI is InChI=1S/C18H33N7O4/c1-11(26)24-17(2,3)15(29)23-12(7-6-10-22-16(20)21)13(27)25-18(14(19)28)8-4-5-9-18/h12H,4-10H2,1-3H3,(H2,19,28)(H,23,29)(H,24,26)(H,25,27)(H4,20,21,22)/t12-/m0/s1. The van der Waals surface area contributed by atoms with Crippen LogP contribution < -0.4 is 32.7 Å². The number of primary amides is 1. The molecule has 1 atom stereocenters. The molecule has 9 N–H and O–H groups in total. The molecule has 1 saturated carbocycles. The SMILES string of the molecule is CC(=O)NC(C)(C)C(=O)N[C@@H](CCCNC(=N)N)C(=O)NC1(C(N)=O)CCCC1. The van der Waals surface area contributed by atoms with Crippen LogP contribution in [0.2, 0.25) is 0 Å². The number of carbonyl (C=O) groups excluding carboxylic acids is 4. The molecule has 1 rings (SSSR count). The van der Waals surface area contributed by atoms with Gasteiger partial charge in [-0.3, -0.25) is 24.6 Å². The molecule has 4 amide bonds. The minimum absolute atomic E-state index is 0.194. The lowest BCUT2D eigenvalue weighted by Gasteiger charge is -2.31. The van der Waals surface area contributed by atoms with Crippen LogP contribution in [0.1, 0.15) is 59.3 Å². The van der Waals surface area contributed by atoms with Gasteiger partial charge in [-0.05, 0) is 39.5 Å². The maximum absolute atomic E-state index is 12.9. The average molecular weight is 412 g/mol. The summed E-state index contributed by atoms with van der Waals surface area (Å²) in [7, 11) is 0. The zero-order chi connectivity index (χ0) is 22.2. The minimum atomic E-state index is -1.23. The molecule has 29 heavy (non-hydrogen) atoms. The molecule has 0 aromatic rings. The van der Waals surface area contributed by atoms with Crippen LogP contribution in [0, 0.1) is 5.41 Å². The van der Waals surface area contributed by atoms with Crippen LogP contribution in [0.5, 0.6) is 0 Å². The number of nitrogens with two attached hydrogens (primary N) is 2. The molecule has 0 heterocycles. The highest BCUT2D eigenvalue weighted by Gasteiger charge is 2.42. The lowest BCUT2D eigenvalue weighted by Crippen LogP contribution is -2.62. The van der Waals surface area contributed by atoms with Crippen molar-refractivity contribution in [2.75, 3.05) is 6.54 Å². The minimum Gasteiger partial charge on any atom is -0.370 e. The summed E-state index contributed by atoms with van der Waals surface area (Å²) in [5.41, 5.74) is 8.44. The van der Waals surface area contributed by atoms with Gasteiger partial charge in [-0.1, -0.05) is 12.8 Å². The molecule has 0 unspecified atom stereocenters. The van der Waals surface area contributed by atoms with Crippen molar-refractivity contribution in [3.8, 4) is 0 Å². The highest BCUT2D eigenvalue weighted by Crippen LogP contribution is 2.29. The van der Waals surface area contributed by atoms with Crippen molar-refractivity contribution in [2.24, 2.45) is 11.5 Å². The lowest BCUT2D eigenvalue weighted by molar-refractivity contribution is -0.136. The van der Waals surface area contributed by atoms with Gasteiger partial charge in [0, 0.05) is 13.5 Å². The number of carbonyl (C=O) groups is 4. The van der Waals surface area contributed by atoms with Crippen LogP contribution in [0.3, 0.4) is 0 Å². The Kier molecular flexibility index (Phi) is 8.41. The van der Waals surface area contributed by atoms with Crippen LogP contribution in [-0.4, -0.2) is 53.3 Å². The number of hydrogen-bond donors (Lipinski definition) is 7. The second kappa shape index (κ2) is 10.1. The van der Waals surface area contributed by atoms with Crippen molar-refractivity contribution in [3.63, 3.8) is 0 Å². The Bertz CT molecular complexity index is 657. The summed E-state index contributed by atoms with van der Waals surface area (Å²) in [6.45, 7) is 4.68. The zero-order valence-electron chi connectivity index (χ0n) is 17.3. The molecule has 0 aromatic heterocycles. The molecule has 11 nitrogen and oxygen atoms in total. The van der Waals surface area contributed by atoms with E-state index in [1.807, 2.05) is 0 Å². The number of amides is 4. The Morgan fingerprint density at radius 1 is 1.14 bits per heavy atom. The number of nitrogens with one attached hydrogen (secondary N) is 5. The maximum atomic E-state index is 12.9. The maximum Gasteiger partial charge on any atom is 0.245 e. The van der Waals surface area contributed by atoms with Crippen molar-refractivity contribution < 1.29 is 19.2 Å². The van der Waals surface area contributed by atoms with Crippen LogP contribution in [-0.2, 0) is 19.2 Å². The third-order valence-electron chi connectivity index (χ3n) is 4.95. The van der Waals surface area contributed by atoms with E-state index < -0.39 is 34.8 Å². The van der Waals surface area contributed by atoms with Gasteiger partial charge < -0.3 is 32.7 Å². The molecule has 1 aliphatic carbocycles. The van der Waals surface area contributed by atoms with E-state index in [9.17, 15) is 19.2 Å². The Hall–Kier alpha value is -2.85. The summed E-state index contributed by atoms with van der Waals surface area (Å²) in [6, 6.07) is -0.943. The van der Waals surface area contributed by atoms with Crippen LogP contribution in [0.15, 0.2) is 0 Å². The number of hydrogen-bond acceptors (Lipinski definition) is 5. The largest absolute Gasteiger partial charge is 0.370 e. The zero-order valence-corrected chi connectivity index (χ0v) is 17.3. The van der Waals surface area contributed by atoms with Gasteiger partial charge in [0.05, 0.1) is 0 Å². The molecule has 0 radical (unpaired) electrons. The highest BCUT2D eigenvalue weighted by molar-refractivity contribution is 5.96. The Balaban J connectivity index is 2.90. The molecule has 1 fully saturated rings. The summed E-state index contributed by atoms with van der Waals surface area (Å²) in [4.78, 5) is 48.8. The van der Waals surface area contributed by atoms with Gasteiger partial charge in [-0.2, -0.15) is 0 Å². The third-order valence-corrected chi connectivity index (χ3v) is 4.95. The fourth-order valence-electron chi connectivity index (χ4n) is 3.37. The Morgan fingerprint density at radius 2 is 1.72 bits per heavy atom. The summed E-state index contributed by atoms with van der Waals surface area (Å²) >= 11 is 0. The van der Waals surface area contributed by atoms with Crippen LogP contribution in [0.4, 0.5) is 0 Å². The van der Waals surface area contributed by atoms with Crippen molar-refractivity contribution in [1.82, 2.24) is 21.3 Å². The van der Waals surface area contributed by atoms with Crippen molar-refractivity contribution in [1.29, 1.82) is 5.41 Å². The van der Waals surface area contributed by atoms with Crippen molar-refractivity contribution in [2.45, 2.75) is 76.4 Å².